The van der Waals surface area contributed by atoms with Crippen LogP contribution in [0.1, 0.15) is 41.1 Å². The molecule has 2 aromatic carbocycles. The van der Waals surface area contributed by atoms with Gasteiger partial charge in [0, 0.05) is 42.7 Å². The van der Waals surface area contributed by atoms with Gasteiger partial charge in [-0.25, -0.2) is 0 Å². The van der Waals surface area contributed by atoms with Crippen LogP contribution in [0.2, 0.25) is 15.1 Å². The van der Waals surface area contributed by atoms with E-state index in [1.807, 2.05) is 24.1 Å². The van der Waals surface area contributed by atoms with Gasteiger partial charge >= 0.3 is 0 Å². The molecule has 0 aliphatic carbocycles. The summed E-state index contributed by atoms with van der Waals surface area (Å²) in [5.74, 6) is -0.0169. The Bertz CT molecular complexity index is 992. The summed E-state index contributed by atoms with van der Waals surface area (Å²) in [6.45, 7) is 2.01. The van der Waals surface area contributed by atoms with Gasteiger partial charge in [0.1, 0.15) is 0 Å². The topological polar surface area (TPSA) is 52.7 Å². The molecule has 0 spiro atoms. The fourth-order valence-corrected chi connectivity index (χ4v) is 5.17. The number of nitrogens with one attached hydrogen (secondary N) is 1. The Morgan fingerprint density at radius 3 is 2.44 bits per heavy atom. The SMILES string of the molecule is CN(C(=O)c1ccc(Cl)cc1)[C@@H]1CCN(C(=O)[C@@H]2CCCN2)C[C@H]1c1ccc(Cl)c(Cl)c1. The third kappa shape index (κ3) is 4.91. The molecular formula is C24H26Cl3N3O2. The van der Waals surface area contributed by atoms with Crippen LogP contribution in [0, 0.1) is 0 Å². The molecule has 5 nitrogen and oxygen atoms in total. The van der Waals surface area contributed by atoms with Crippen molar-refractivity contribution in [1.82, 2.24) is 15.1 Å². The zero-order valence-corrected chi connectivity index (χ0v) is 20.1. The van der Waals surface area contributed by atoms with Crippen molar-refractivity contribution in [2.24, 2.45) is 0 Å². The molecule has 0 aromatic heterocycles. The van der Waals surface area contributed by atoms with Gasteiger partial charge in [0.25, 0.3) is 5.91 Å². The van der Waals surface area contributed by atoms with E-state index in [0.29, 0.717) is 40.1 Å². The van der Waals surface area contributed by atoms with Gasteiger partial charge in [-0.15, -0.1) is 0 Å². The summed E-state index contributed by atoms with van der Waals surface area (Å²) in [5, 5.41) is 4.84. The van der Waals surface area contributed by atoms with Crippen LogP contribution in [-0.2, 0) is 4.79 Å². The predicted molar refractivity (Wildman–Crippen MR) is 129 cm³/mol. The molecule has 170 valence electrons. The van der Waals surface area contributed by atoms with E-state index in [1.165, 1.54) is 0 Å². The number of carbonyl (C=O) groups excluding carboxylic acids is 2. The minimum atomic E-state index is -0.116. The largest absolute Gasteiger partial charge is 0.341 e. The molecule has 2 aromatic rings. The lowest BCUT2D eigenvalue weighted by atomic mass is 9.84. The number of rotatable bonds is 4. The molecule has 0 saturated carbocycles. The molecular weight excluding hydrogens is 469 g/mol. The smallest absolute Gasteiger partial charge is 0.253 e. The van der Waals surface area contributed by atoms with E-state index in [1.54, 1.807) is 35.2 Å². The Balaban J connectivity index is 1.60. The van der Waals surface area contributed by atoms with Crippen molar-refractivity contribution >= 4 is 46.6 Å². The van der Waals surface area contributed by atoms with Crippen molar-refractivity contribution in [3.05, 3.63) is 68.7 Å². The molecule has 2 fully saturated rings. The average molecular weight is 495 g/mol. The van der Waals surface area contributed by atoms with Crippen LogP contribution in [-0.4, -0.2) is 60.4 Å². The number of carbonyl (C=O) groups is 2. The quantitative estimate of drug-likeness (QED) is 0.661. The molecule has 4 rings (SSSR count). The molecule has 2 heterocycles. The van der Waals surface area contributed by atoms with Gasteiger partial charge < -0.3 is 15.1 Å². The van der Waals surface area contributed by atoms with Gasteiger partial charge in [0.2, 0.25) is 5.91 Å². The summed E-state index contributed by atoms with van der Waals surface area (Å²) >= 11 is 18.5. The molecule has 0 unspecified atom stereocenters. The standard InChI is InChI=1S/C24H26Cl3N3O2/c1-29(23(31)15-4-7-17(25)8-5-15)22-10-12-30(24(32)21-3-2-11-28-21)14-18(22)16-6-9-19(26)20(27)13-16/h4-9,13,18,21-22,28H,2-3,10-12,14H2,1H3/t18-,21-,22+/m0/s1. The Morgan fingerprint density at radius 2 is 1.78 bits per heavy atom. The lowest BCUT2D eigenvalue weighted by molar-refractivity contribution is -0.134. The van der Waals surface area contributed by atoms with E-state index in [0.717, 1.165) is 24.9 Å². The average Bonchev–Trinajstić information content (AvgIpc) is 3.34. The minimum absolute atomic E-state index is 0.0750. The van der Waals surface area contributed by atoms with Crippen molar-refractivity contribution in [1.29, 1.82) is 0 Å². The first-order valence-electron chi connectivity index (χ1n) is 10.8. The molecule has 1 N–H and O–H groups in total. The highest BCUT2D eigenvalue weighted by molar-refractivity contribution is 6.42. The Morgan fingerprint density at radius 1 is 1.03 bits per heavy atom. The Kier molecular flexibility index (Phi) is 7.30. The molecule has 32 heavy (non-hydrogen) atoms. The number of halogens is 3. The lowest BCUT2D eigenvalue weighted by Gasteiger charge is -2.43. The first-order chi connectivity index (χ1) is 15.3. The van der Waals surface area contributed by atoms with Gasteiger partial charge in [-0.05, 0) is 67.8 Å². The van der Waals surface area contributed by atoms with Crippen LogP contribution in [0.4, 0.5) is 0 Å². The number of hydrogen-bond donors (Lipinski definition) is 1. The zero-order valence-electron chi connectivity index (χ0n) is 17.9. The van der Waals surface area contributed by atoms with Gasteiger partial charge in [-0.3, -0.25) is 9.59 Å². The number of piperidine rings is 1. The van der Waals surface area contributed by atoms with Crippen LogP contribution in [0.3, 0.4) is 0 Å². The second kappa shape index (κ2) is 10.0. The molecule has 2 aliphatic rings. The number of nitrogens with zero attached hydrogens (tertiary/aromatic N) is 2. The van der Waals surface area contributed by atoms with Crippen LogP contribution in [0.25, 0.3) is 0 Å². The maximum absolute atomic E-state index is 13.2. The molecule has 2 amide bonds. The van der Waals surface area contributed by atoms with Crippen LogP contribution in [0.15, 0.2) is 42.5 Å². The third-order valence-electron chi connectivity index (χ3n) is 6.53. The van der Waals surface area contributed by atoms with E-state index in [4.69, 9.17) is 34.8 Å². The molecule has 2 saturated heterocycles. The summed E-state index contributed by atoms with van der Waals surface area (Å²) in [4.78, 5) is 30.0. The second-order valence-electron chi connectivity index (χ2n) is 8.49. The Labute approximate surface area is 203 Å². The highest BCUT2D eigenvalue weighted by atomic mass is 35.5. The monoisotopic (exact) mass is 493 g/mol. The number of amides is 2. The van der Waals surface area contributed by atoms with Crippen molar-refractivity contribution in [2.45, 2.75) is 37.3 Å². The van der Waals surface area contributed by atoms with Gasteiger partial charge in [-0.2, -0.15) is 0 Å². The van der Waals surface area contributed by atoms with Crippen molar-refractivity contribution < 1.29 is 9.59 Å². The van der Waals surface area contributed by atoms with Crippen molar-refractivity contribution in [2.75, 3.05) is 26.7 Å². The van der Waals surface area contributed by atoms with Gasteiger partial charge in [0.05, 0.1) is 16.1 Å². The number of likely N-dealkylation sites (N-methyl/N-ethyl adjacent to an activating group) is 1. The van der Waals surface area contributed by atoms with E-state index in [9.17, 15) is 9.59 Å². The maximum atomic E-state index is 13.2. The summed E-state index contributed by atoms with van der Waals surface area (Å²) in [7, 11) is 1.82. The fourth-order valence-electron chi connectivity index (χ4n) is 4.74. The van der Waals surface area contributed by atoms with Crippen LogP contribution in [0.5, 0.6) is 0 Å². The molecule has 2 aliphatic heterocycles. The third-order valence-corrected chi connectivity index (χ3v) is 7.52. The molecule has 8 heteroatoms. The predicted octanol–water partition coefficient (Wildman–Crippen LogP) is 4.86. The second-order valence-corrected chi connectivity index (χ2v) is 9.74. The van der Waals surface area contributed by atoms with Crippen molar-refractivity contribution in [3.8, 4) is 0 Å². The molecule has 3 atom stereocenters. The summed E-state index contributed by atoms with van der Waals surface area (Å²) in [6.07, 6.45) is 2.56. The first kappa shape index (κ1) is 23.4. The maximum Gasteiger partial charge on any atom is 0.253 e. The fraction of sp³-hybridized carbons (Fsp3) is 0.417. The highest BCUT2D eigenvalue weighted by Gasteiger charge is 2.38. The van der Waals surface area contributed by atoms with Gasteiger partial charge in [-0.1, -0.05) is 40.9 Å². The molecule has 0 radical (unpaired) electrons. The van der Waals surface area contributed by atoms with Gasteiger partial charge in [0.15, 0.2) is 0 Å². The highest BCUT2D eigenvalue weighted by Crippen LogP contribution is 2.35. The van der Waals surface area contributed by atoms with E-state index in [-0.39, 0.29) is 29.8 Å². The van der Waals surface area contributed by atoms with E-state index in [2.05, 4.69) is 5.32 Å². The Hall–Kier alpha value is -1.79. The first-order valence-corrected chi connectivity index (χ1v) is 12.0. The number of likely N-dealkylation sites (tertiary alicyclic amines) is 1. The number of hydrogen-bond acceptors (Lipinski definition) is 3. The normalized spacial score (nSPS) is 23.2. The zero-order chi connectivity index (χ0) is 22.8. The molecule has 0 bridgehead atoms. The van der Waals surface area contributed by atoms with Crippen LogP contribution >= 0.6 is 34.8 Å². The summed E-state index contributed by atoms with van der Waals surface area (Å²) in [5.41, 5.74) is 1.55. The van der Waals surface area contributed by atoms with Crippen molar-refractivity contribution in [3.63, 3.8) is 0 Å². The lowest BCUT2D eigenvalue weighted by Crippen LogP contribution is -2.54. The van der Waals surface area contributed by atoms with Crippen LogP contribution < -0.4 is 5.32 Å². The number of benzene rings is 2. The summed E-state index contributed by atoms with van der Waals surface area (Å²) in [6, 6.07) is 12.3. The minimum Gasteiger partial charge on any atom is -0.341 e. The van der Waals surface area contributed by atoms with E-state index < -0.39 is 0 Å². The van der Waals surface area contributed by atoms with E-state index >= 15 is 0 Å². The summed E-state index contributed by atoms with van der Waals surface area (Å²) < 4.78 is 0.